The van der Waals surface area contributed by atoms with Crippen molar-refractivity contribution in [3.63, 3.8) is 0 Å². The summed E-state index contributed by atoms with van der Waals surface area (Å²) in [5, 5.41) is 3.46. The molecule has 9 nitrogen and oxygen atoms in total. The van der Waals surface area contributed by atoms with Crippen molar-refractivity contribution in [1.29, 1.82) is 0 Å². The minimum Gasteiger partial charge on any atom is -0.465 e. The molecule has 0 aliphatic rings. The average molecular weight is 466 g/mol. The summed E-state index contributed by atoms with van der Waals surface area (Å²) in [5.41, 5.74) is 3.54. The number of likely N-dealkylation sites (N-methyl/N-ethyl adjacent to an activating group) is 1. The molecule has 0 saturated carbocycles. The summed E-state index contributed by atoms with van der Waals surface area (Å²) in [4.78, 5) is 50.3. The van der Waals surface area contributed by atoms with Crippen LogP contribution in [0.15, 0.2) is 48.7 Å². The lowest BCUT2D eigenvalue weighted by atomic mass is 10.1. The van der Waals surface area contributed by atoms with Gasteiger partial charge in [-0.1, -0.05) is 36.4 Å². The Morgan fingerprint density at radius 1 is 1.00 bits per heavy atom. The number of anilines is 1. The number of aromatic nitrogens is 1. The van der Waals surface area contributed by atoms with Crippen LogP contribution in [0.1, 0.15) is 21.5 Å². The molecule has 1 N–H and O–H groups in total. The second-order valence-electron chi connectivity index (χ2n) is 7.90. The number of carbonyl (C=O) groups excluding carboxylic acids is 4. The second kappa shape index (κ2) is 10.7. The van der Waals surface area contributed by atoms with E-state index in [0.717, 1.165) is 11.1 Å². The van der Waals surface area contributed by atoms with Gasteiger partial charge < -0.3 is 24.3 Å². The molecular formula is C25H27N3O6. The first-order valence-corrected chi connectivity index (χ1v) is 10.6. The SMILES string of the molecule is COC(=O)c1cn(CC(=O)OCC(=O)N(C)CC(=O)Nc2c(C)cccc2C)c2ccccc12. The number of fused-ring (bicyclic) bond motifs is 1. The molecule has 0 aliphatic carbocycles. The van der Waals surface area contributed by atoms with Crippen LogP contribution in [0.2, 0.25) is 0 Å². The predicted molar refractivity (Wildman–Crippen MR) is 126 cm³/mol. The Kier molecular flexibility index (Phi) is 7.68. The lowest BCUT2D eigenvalue weighted by Crippen LogP contribution is -2.37. The molecule has 0 fully saturated rings. The normalized spacial score (nSPS) is 10.6. The third-order valence-electron chi connectivity index (χ3n) is 5.40. The van der Waals surface area contributed by atoms with Crippen LogP contribution in [-0.4, -0.2) is 60.5 Å². The number of ether oxygens (including phenoxy) is 2. The highest BCUT2D eigenvalue weighted by atomic mass is 16.5. The first-order chi connectivity index (χ1) is 16.2. The fraction of sp³-hybridized carbons (Fsp3) is 0.280. The van der Waals surface area contributed by atoms with E-state index in [0.29, 0.717) is 22.2 Å². The van der Waals surface area contributed by atoms with Crippen molar-refractivity contribution in [3.05, 3.63) is 65.4 Å². The van der Waals surface area contributed by atoms with Crippen LogP contribution in [0.3, 0.4) is 0 Å². The average Bonchev–Trinajstić information content (AvgIpc) is 3.17. The van der Waals surface area contributed by atoms with E-state index < -0.39 is 24.5 Å². The van der Waals surface area contributed by atoms with Crippen LogP contribution in [0.4, 0.5) is 5.69 Å². The van der Waals surface area contributed by atoms with Crippen LogP contribution in [0, 0.1) is 13.8 Å². The zero-order valence-electron chi connectivity index (χ0n) is 19.6. The van der Waals surface area contributed by atoms with Crippen LogP contribution in [0.25, 0.3) is 10.9 Å². The van der Waals surface area contributed by atoms with Gasteiger partial charge in [0.15, 0.2) is 6.61 Å². The third-order valence-corrected chi connectivity index (χ3v) is 5.40. The lowest BCUT2D eigenvalue weighted by molar-refractivity contribution is -0.152. The highest BCUT2D eigenvalue weighted by molar-refractivity contribution is 6.04. The minimum absolute atomic E-state index is 0.186. The van der Waals surface area contributed by atoms with E-state index in [4.69, 9.17) is 9.47 Å². The first kappa shape index (κ1) is 24.5. The number of hydrogen-bond donors (Lipinski definition) is 1. The number of benzene rings is 2. The van der Waals surface area contributed by atoms with Gasteiger partial charge in [-0.2, -0.15) is 0 Å². The first-order valence-electron chi connectivity index (χ1n) is 10.6. The predicted octanol–water partition coefficient (Wildman–Crippen LogP) is 2.69. The summed E-state index contributed by atoms with van der Waals surface area (Å²) >= 11 is 0. The van der Waals surface area contributed by atoms with Crippen molar-refractivity contribution >= 4 is 40.3 Å². The summed E-state index contributed by atoms with van der Waals surface area (Å²) in [7, 11) is 2.75. The molecule has 0 radical (unpaired) electrons. The van der Waals surface area contributed by atoms with Crippen molar-refractivity contribution in [2.24, 2.45) is 0 Å². The fourth-order valence-corrected chi connectivity index (χ4v) is 3.58. The molecule has 3 aromatic rings. The zero-order valence-corrected chi connectivity index (χ0v) is 19.6. The van der Waals surface area contributed by atoms with Gasteiger partial charge in [-0.15, -0.1) is 0 Å². The molecule has 0 atom stereocenters. The standard InChI is InChI=1S/C25H27N3O6/c1-16-8-7-9-17(2)24(16)26-21(29)13-27(3)22(30)15-34-23(31)14-28-12-19(25(32)33-4)18-10-5-6-11-20(18)28/h5-12H,13-15H2,1-4H3,(H,26,29). The Balaban J connectivity index is 1.55. The topological polar surface area (TPSA) is 107 Å². The van der Waals surface area contributed by atoms with E-state index in [1.807, 2.05) is 32.0 Å². The van der Waals surface area contributed by atoms with Crippen LogP contribution >= 0.6 is 0 Å². The molecule has 0 saturated heterocycles. The molecule has 2 aromatic carbocycles. The Hall–Kier alpha value is -4.14. The molecule has 0 bridgehead atoms. The van der Waals surface area contributed by atoms with Crippen molar-refractivity contribution in [2.45, 2.75) is 20.4 Å². The fourth-order valence-electron chi connectivity index (χ4n) is 3.58. The van der Waals surface area contributed by atoms with Crippen molar-refractivity contribution < 1.29 is 28.7 Å². The quantitative estimate of drug-likeness (QED) is 0.513. The molecule has 34 heavy (non-hydrogen) atoms. The number of nitrogens with zero attached hydrogens (tertiary/aromatic N) is 2. The largest absolute Gasteiger partial charge is 0.465 e. The molecular weight excluding hydrogens is 438 g/mol. The number of rotatable bonds is 8. The lowest BCUT2D eigenvalue weighted by Gasteiger charge is -2.18. The van der Waals surface area contributed by atoms with E-state index in [2.05, 4.69) is 5.32 Å². The van der Waals surface area contributed by atoms with Crippen LogP contribution in [0.5, 0.6) is 0 Å². The van der Waals surface area contributed by atoms with Gasteiger partial charge in [0.05, 0.1) is 19.2 Å². The highest BCUT2D eigenvalue weighted by Crippen LogP contribution is 2.22. The molecule has 2 amide bonds. The molecule has 178 valence electrons. The van der Waals surface area contributed by atoms with E-state index in [9.17, 15) is 19.2 Å². The second-order valence-corrected chi connectivity index (χ2v) is 7.90. The van der Waals surface area contributed by atoms with Crippen LogP contribution in [-0.2, 0) is 30.4 Å². The number of esters is 2. The van der Waals surface area contributed by atoms with E-state index >= 15 is 0 Å². The zero-order chi connectivity index (χ0) is 24.8. The summed E-state index contributed by atoms with van der Waals surface area (Å²) in [6.07, 6.45) is 1.52. The monoisotopic (exact) mass is 465 g/mol. The Bertz CT molecular complexity index is 1230. The molecule has 1 heterocycles. The summed E-state index contributed by atoms with van der Waals surface area (Å²) < 4.78 is 11.5. The van der Waals surface area contributed by atoms with Gasteiger partial charge in [0.25, 0.3) is 5.91 Å². The number of amides is 2. The van der Waals surface area contributed by atoms with Gasteiger partial charge in [0.2, 0.25) is 5.91 Å². The van der Waals surface area contributed by atoms with Gasteiger partial charge in [-0.05, 0) is 31.0 Å². The smallest absolute Gasteiger partial charge is 0.340 e. The van der Waals surface area contributed by atoms with Crippen molar-refractivity contribution in [2.75, 3.05) is 32.6 Å². The summed E-state index contributed by atoms with van der Waals surface area (Å²) in [6, 6.07) is 12.8. The Morgan fingerprint density at radius 3 is 2.35 bits per heavy atom. The number of para-hydroxylation sites is 2. The van der Waals surface area contributed by atoms with Gasteiger partial charge in [-0.25, -0.2) is 4.79 Å². The number of carbonyl (C=O) groups is 4. The maximum atomic E-state index is 12.4. The van der Waals surface area contributed by atoms with Gasteiger partial charge >= 0.3 is 11.9 Å². The summed E-state index contributed by atoms with van der Waals surface area (Å²) in [5.74, 6) is -2.04. The van der Waals surface area contributed by atoms with E-state index in [1.54, 1.807) is 28.8 Å². The summed E-state index contributed by atoms with van der Waals surface area (Å²) in [6.45, 7) is 2.89. The number of hydrogen-bond acceptors (Lipinski definition) is 6. The van der Waals surface area contributed by atoms with Crippen LogP contribution < -0.4 is 5.32 Å². The van der Waals surface area contributed by atoms with Gasteiger partial charge in [0, 0.05) is 29.8 Å². The minimum atomic E-state index is -0.654. The van der Waals surface area contributed by atoms with Gasteiger partial charge in [0.1, 0.15) is 6.54 Å². The van der Waals surface area contributed by atoms with E-state index in [1.165, 1.54) is 25.3 Å². The molecule has 3 rings (SSSR count). The van der Waals surface area contributed by atoms with Gasteiger partial charge in [-0.3, -0.25) is 14.4 Å². The number of nitrogens with one attached hydrogen (secondary N) is 1. The third kappa shape index (κ3) is 5.61. The Morgan fingerprint density at radius 2 is 1.68 bits per heavy atom. The Labute approximate surface area is 197 Å². The maximum absolute atomic E-state index is 12.4. The molecule has 9 heteroatoms. The maximum Gasteiger partial charge on any atom is 0.340 e. The van der Waals surface area contributed by atoms with Crippen molar-refractivity contribution in [3.8, 4) is 0 Å². The van der Waals surface area contributed by atoms with Crippen molar-refractivity contribution in [1.82, 2.24) is 9.47 Å². The number of aryl methyl sites for hydroxylation is 2. The van der Waals surface area contributed by atoms with E-state index in [-0.39, 0.29) is 19.0 Å². The highest BCUT2D eigenvalue weighted by Gasteiger charge is 2.19. The molecule has 0 unspecified atom stereocenters. The molecule has 0 spiro atoms. The molecule has 1 aromatic heterocycles. The molecule has 0 aliphatic heterocycles. The number of methoxy groups -OCH3 is 1.